The minimum atomic E-state index is -0.657. The Morgan fingerprint density at radius 1 is 1.24 bits per heavy atom. The molecule has 0 aromatic carbocycles. The van der Waals surface area contributed by atoms with Gasteiger partial charge in [0.2, 0.25) is 0 Å². The Morgan fingerprint density at radius 3 is 2.83 bits per heavy atom. The molecule has 2 aromatic rings. The molecule has 1 unspecified atom stereocenters. The summed E-state index contributed by atoms with van der Waals surface area (Å²) in [4.78, 5) is 31.5. The van der Waals surface area contributed by atoms with E-state index in [1.165, 1.54) is 6.20 Å². The molecule has 2 amide bonds. The van der Waals surface area contributed by atoms with Crippen LogP contribution < -0.4 is 11.1 Å². The minimum Gasteiger partial charge on any atom is -0.383 e. The monoisotopic (exact) mass is 400 g/mol. The summed E-state index contributed by atoms with van der Waals surface area (Å²) >= 11 is 0. The van der Waals surface area contributed by atoms with Gasteiger partial charge in [-0.2, -0.15) is 5.10 Å². The summed E-state index contributed by atoms with van der Waals surface area (Å²) in [5.41, 5.74) is 7.07. The van der Waals surface area contributed by atoms with Gasteiger partial charge in [0, 0.05) is 19.2 Å². The Morgan fingerprint density at radius 2 is 2.07 bits per heavy atom. The SMILES string of the molecule is CC[C@@H]1CCCCN1C(=O)C(=O)Nc1cnc(N)c2cnn(C3CCCCO3)c12. The zero-order valence-electron chi connectivity index (χ0n) is 16.8. The normalized spacial score (nSPS) is 22.6. The van der Waals surface area contributed by atoms with Crippen LogP contribution >= 0.6 is 0 Å². The summed E-state index contributed by atoms with van der Waals surface area (Å²) < 4.78 is 7.59. The van der Waals surface area contributed by atoms with E-state index in [-0.39, 0.29) is 12.3 Å². The number of amides is 2. The van der Waals surface area contributed by atoms with Crippen LogP contribution in [0.15, 0.2) is 12.4 Å². The highest BCUT2D eigenvalue weighted by atomic mass is 16.5. The van der Waals surface area contributed by atoms with E-state index in [4.69, 9.17) is 10.5 Å². The van der Waals surface area contributed by atoms with E-state index in [2.05, 4.69) is 15.4 Å². The van der Waals surface area contributed by atoms with Crippen molar-refractivity contribution in [2.75, 3.05) is 24.2 Å². The Kier molecular flexibility index (Phi) is 5.66. The second-order valence-corrected chi connectivity index (χ2v) is 7.74. The molecule has 2 aliphatic rings. The standard InChI is InChI=1S/C20H28N6O3/c1-2-13-7-3-5-9-25(13)20(28)19(27)24-15-12-22-18(21)14-11-23-26(17(14)15)16-8-4-6-10-29-16/h11-13,16H,2-10H2,1H3,(H2,21,22)(H,24,27)/t13-,16?/m1/s1. The quantitative estimate of drug-likeness (QED) is 0.765. The van der Waals surface area contributed by atoms with Crippen LogP contribution in [0.3, 0.4) is 0 Å². The molecule has 4 heterocycles. The molecule has 29 heavy (non-hydrogen) atoms. The Labute approximate surface area is 169 Å². The summed E-state index contributed by atoms with van der Waals surface area (Å²) in [5.74, 6) is -0.828. The number of aromatic nitrogens is 3. The van der Waals surface area contributed by atoms with Crippen molar-refractivity contribution in [1.29, 1.82) is 0 Å². The molecule has 0 saturated carbocycles. The number of rotatable bonds is 3. The van der Waals surface area contributed by atoms with Crippen molar-refractivity contribution in [1.82, 2.24) is 19.7 Å². The Bertz CT molecular complexity index is 905. The molecule has 9 nitrogen and oxygen atoms in total. The molecule has 0 aliphatic carbocycles. The van der Waals surface area contributed by atoms with Crippen molar-refractivity contribution < 1.29 is 14.3 Å². The third-order valence-corrected chi connectivity index (χ3v) is 5.89. The fraction of sp³-hybridized carbons (Fsp3) is 0.600. The van der Waals surface area contributed by atoms with E-state index in [1.807, 2.05) is 6.92 Å². The summed E-state index contributed by atoms with van der Waals surface area (Å²) in [6.45, 7) is 3.33. The van der Waals surface area contributed by atoms with E-state index in [9.17, 15) is 9.59 Å². The number of likely N-dealkylation sites (tertiary alicyclic amines) is 1. The maximum absolute atomic E-state index is 12.8. The number of ether oxygens (including phenoxy) is 1. The second kappa shape index (κ2) is 8.36. The highest BCUT2D eigenvalue weighted by Gasteiger charge is 2.30. The van der Waals surface area contributed by atoms with Crippen LogP contribution in [-0.4, -0.2) is 50.7 Å². The molecule has 0 radical (unpaired) electrons. The molecule has 0 spiro atoms. The average Bonchev–Trinajstić information content (AvgIpc) is 3.22. The first-order valence-electron chi connectivity index (χ1n) is 10.5. The van der Waals surface area contributed by atoms with E-state index in [0.717, 1.165) is 44.9 Å². The molecule has 2 atom stereocenters. The van der Waals surface area contributed by atoms with Crippen LogP contribution in [-0.2, 0) is 14.3 Å². The van der Waals surface area contributed by atoms with Crippen molar-refractivity contribution in [2.24, 2.45) is 0 Å². The van der Waals surface area contributed by atoms with Crippen molar-refractivity contribution in [3.05, 3.63) is 12.4 Å². The van der Waals surface area contributed by atoms with Crippen LogP contribution in [0.5, 0.6) is 0 Å². The lowest BCUT2D eigenvalue weighted by Gasteiger charge is -2.34. The Hall–Kier alpha value is -2.68. The molecule has 0 bridgehead atoms. The van der Waals surface area contributed by atoms with Gasteiger partial charge in [0.1, 0.15) is 11.3 Å². The fourth-order valence-corrected chi connectivity index (χ4v) is 4.31. The molecule has 2 saturated heterocycles. The van der Waals surface area contributed by atoms with Gasteiger partial charge in [-0.15, -0.1) is 0 Å². The van der Waals surface area contributed by atoms with Gasteiger partial charge in [-0.1, -0.05) is 6.92 Å². The number of fused-ring (bicyclic) bond motifs is 1. The molecule has 2 aromatic heterocycles. The number of piperidine rings is 1. The van der Waals surface area contributed by atoms with Crippen molar-refractivity contribution in [3.8, 4) is 0 Å². The van der Waals surface area contributed by atoms with Gasteiger partial charge in [-0.3, -0.25) is 9.59 Å². The molecular weight excluding hydrogens is 372 g/mol. The third kappa shape index (κ3) is 3.78. The zero-order chi connectivity index (χ0) is 20.4. The number of anilines is 2. The summed E-state index contributed by atoms with van der Waals surface area (Å²) in [5, 5.41) is 7.82. The van der Waals surface area contributed by atoms with Crippen LogP contribution in [0.2, 0.25) is 0 Å². The van der Waals surface area contributed by atoms with E-state index >= 15 is 0 Å². The van der Waals surface area contributed by atoms with E-state index in [0.29, 0.717) is 35.6 Å². The number of carbonyl (C=O) groups is 2. The average molecular weight is 400 g/mol. The van der Waals surface area contributed by atoms with Gasteiger partial charge < -0.3 is 20.7 Å². The Balaban J connectivity index is 1.61. The van der Waals surface area contributed by atoms with Crippen LogP contribution in [0.4, 0.5) is 11.5 Å². The van der Waals surface area contributed by atoms with E-state index in [1.54, 1.807) is 15.8 Å². The number of pyridine rings is 1. The lowest BCUT2D eigenvalue weighted by Crippen LogP contribution is -2.48. The largest absolute Gasteiger partial charge is 0.383 e. The minimum absolute atomic E-state index is 0.118. The van der Waals surface area contributed by atoms with Crippen molar-refractivity contribution >= 4 is 34.2 Å². The maximum Gasteiger partial charge on any atom is 0.314 e. The van der Waals surface area contributed by atoms with E-state index < -0.39 is 11.8 Å². The molecular formula is C20H28N6O3. The lowest BCUT2D eigenvalue weighted by atomic mass is 10.00. The number of nitrogens with one attached hydrogen (secondary N) is 1. The molecule has 156 valence electrons. The predicted octanol–water partition coefficient (Wildman–Crippen LogP) is 2.44. The number of nitrogens with two attached hydrogens (primary N) is 1. The number of nitrogen functional groups attached to an aromatic ring is 1. The third-order valence-electron chi connectivity index (χ3n) is 5.89. The fourth-order valence-electron chi connectivity index (χ4n) is 4.31. The number of hydrogen-bond acceptors (Lipinski definition) is 6. The van der Waals surface area contributed by atoms with Crippen molar-refractivity contribution in [3.63, 3.8) is 0 Å². The van der Waals surface area contributed by atoms with Gasteiger partial charge in [-0.25, -0.2) is 9.67 Å². The first-order chi connectivity index (χ1) is 14.1. The first kappa shape index (κ1) is 19.6. The smallest absolute Gasteiger partial charge is 0.314 e. The van der Waals surface area contributed by atoms with Gasteiger partial charge in [-0.05, 0) is 44.9 Å². The van der Waals surface area contributed by atoms with Crippen LogP contribution in [0, 0.1) is 0 Å². The molecule has 2 fully saturated rings. The number of carbonyl (C=O) groups excluding carboxylic acids is 2. The van der Waals surface area contributed by atoms with Gasteiger partial charge in [0.25, 0.3) is 0 Å². The molecule has 9 heteroatoms. The summed E-state index contributed by atoms with van der Waals surface area (Å²) in [6.07, 6.45) is 9.59. The number of hydrogen-bond donors (Lipinski definition) is 2. The highest BCUT2D eigenvalue weighted by Crippen LogP contribution is 2.32. The number of nitrogens with zero attached hydrogens (tertiary/aromatic N) is 4. The van der Waals surface area contributed by atoms with Gasteiger partial charge >= 0.3 is 11.8 Å². The predicted molar refractivity (Wildman–Crippen MR) is 109 cm³/mol. The summed E-state index contributed by atoms with van der Waals surface area (Å²) in [7, 11) is 0. The van der Waals surface area contributed by atoms with Gasteiger partial charge in [0.15, 0.2) is 6.23 Å². The summed E-state index contributed by atoms with van der Waals surface area (Å²) in [6, 6.07) is 0.118. The highest BCUT2D eigenvalue weighted by molar-refractivity contribution is 6.40. The maximum atomic E-state index is 12.8. The second-order valence-electron chi connectivity index (χ2n) is 7.74. The zero-order valence-corrected chi connectivity index (χ0v) is 16.8. The molecule has 4 rings (SSSR count). The van der Waals surface area contributed by atoms with Crippen molar-refractivity contribution in [2.45, 2.75) is 64.1 Å². The van der Waals surface area contributed by atoms with Gasteiger partial charge in [0.05, 0.1) is 23.5 Å². The van der Waals surface area contributed by atoms with Crippen LogP contribution in [0.25, 0.3) is 10.9 Å². The topological polar surface area (TPSA) is 115 Å². The van der Waals surface area contributed by atoms with Crippen LogP contribution in [0.1, 0.15) is 58.1 Å². The molecule has 2 aliphatic heterocycles. The first-order valence-corrected chi connectivity index (χ1v) is 10.5. The lowest BCUT2D eigenvalue weighted by molar-refractivity contribution is -0.145. The molecule has 3 N–H and O–H groups in total.